The van der Waals surface area contributed by atoms with E-state index in [4.69, 9.17) is 9.47 Å². The zero-order chi connectivity index (χ0) is 15.2. The van der Waals surface area contributed by atoms with Crippen LogP contribution in [-0.4, -0.2) is 31.9 Å². The molecule has 1 unspecified atom stereocenters. The van der Waals surface area contributed by atoms with Crippen LogP contribution in [0.3, 0.4) is 0 Å². The summed E-state index contributed by atoms with van der Waals surface area (Å²) in [7, 11) is 3.12. The van der Waals surface area contributed by atoms with Gasteiger partial charge in [0, 0.05) is 25.5 Å². The van der Waals surface area contributed by atoms with Gasteiger partial charge in [-0.3, -0.25) is 9.59 Å². The van der Waals surface area contributed by atoms with Gasteiger partial charge in [-0.2, -0.15) is 0 Å². The minimum atomic E-state index is -0.431. The molecule has 1 aromatic carbocycles. The fourth-order valence-corrected chi connectivity index (χ4v) is 2.21. The van der Waals surface area contributed by atoms with E-state index in [1.54, 1.807) is 19.3 Å². The maximum atomic E-state index is 12.2. The van der Waals surface area contributed by atoms with Crippen molar-refractivity contribution >= 4 is 17.6 Å². The van der Waals surface area contributed by atoms with Crippen molar-refractivity contribution in [2.24, 2.45) is 0 Å². The minimum absolute atomic E-state index is 0.0949. The third-order valence-corrected chi connectivity index (χ3v) is 3.42. The van der Waals surface area contributed by atoms with Crippen LogP contribution in [0.15, 0.2) is 42.0 Å². The lowest BCUT2D eigenvalue weighted by atomic mass is 9.92. The summed E-state index contributed by atoms with van der Waals surface area (Å²) in [5.74, 6) is 0.745. The van der Waals surface area contributed by atoms with Gasteiger partial charge in [-0.1, -0.05) is 24.3 Å². The van der Waals surface area contributed by atoms with E-state index >= 15 is 0 Å². The number of ether oxygens (including phenoxy) is 2. The Hall–Kier alpha value is -2.20. The van der Waals surface area contributed by atoms with Gasteiger partial charge in [0.2, 0.25) is 0 Å². The summed E-state index contributed by atoms with van der Waals surface area (Å²) < 4.78 is 10.3. The molecule has 2 rings (SSSR count). The smallest absolute Gasteiger partial charge is 0.184 e. The molecule has 0 spiro atoms. The highest BCUT2D eigenvalue weighted by atomic mass is 16.5. The topological polar surface area (TPSA) is 52.6 Å². The van der Waals surface area contributed by atoms with Gasteiger partial charge in [0.1, 0.15) is 11.5 Å². The molecular weight excluding hydrogens is 268 g/mol. The fourth-order valence-electron chi connectivity index (χ4n) is 2.21. The minimum Gasteiger partial charge on any atom is -0.497 e. The molecule has 0 amide bonds. The quantitative estimate of drug-likeness (QED) is 0.781. The van der Waals surface area contributed by atoms with Gasteiger partial charge in [-0.15, -0.1) is 0 Å². The largest absolute Gasteiger partial charge is 0.497 e. The van der Waals surface area contributed by atoms with Gasteiger partial charge in [-0.25, -0.2) is 0 Å². The van der Waals surface area contributed by atoms with Gasteiger partial charge in [0.05, 0.1) is 13.2 Å². The van der Waals surface area contributed by atoms with Crippen LogP contribution in [0.1, 0.15) is 18.4 Å². The Morgan fingerprint density at radius 2 is 1.95 bits per heavy atom. The molecule has 1 aliphatic rings. The van der Waals surface area contributed by atoms with Crippen molar-refractivity contribution in [3.05, 3.63) is 47.6 Å². The molecule has 21 heavy (non-hydrogen) atoms. The molecule has 110 valence electrons. The number of methoxy groups -OCH3 is 2. The van der Waals surface area contributed by atoms with Crippen LogP contribution in [0.4, 0.5) is 0 Å². The first-order valence-electron chi connectivity index (χ1n) is 6.75. The van der Waals surface area contributed by atoms with Gasteiger partial charge in [0.15, 0.2) is 5.78 Å². The number of rotatable bonds is 5. The highest BCUT2D eigenvalue weighted by molar-refractivity contribution is 6.08. The van der Waals surface area contributed by atoms with Crippen molar-refractivity contribution in [3.8, 4) is 5.75 Å². The lowest BCUT2D eigenvalue weighted by Gasteiger charge is -2.20. The van der Waals surface area contributed by atoms with E-state index in [2.05, 4.69) is 0 Å². The third kappa shape index (κ3) is 3.89. The molecule has 1 aliphatic carbocycles. The van der Waals surface area contributed by atoms with E-state index in [0.29, 0.717) is 12.0 Å². The molecule has 4 heteroatoms. The Kier molecular flexibility index (Phi) is 5.06. The summed E-state index contributed by atoms with van der Waals surface area (Å²) in [6.45, 7) is 0. The Morgan fingerprint density at radius 3 is 2.57 bits per heavy atom. The predicted octanol–water partition coefficient (Wildman–Crippen LogP) is 2.58. The monoisotopic (exact) mass is 286 g/mol. The molecule has 0 bridgehead atoms. The third-order valence-electron chi connectivity index (χ3n) is 3.42. The predicted molar refractivity (Wildman–Crippen MR) is 80.2 cm³/mol. The van der Waals surface area contributed by atoms with Crippen molar-refractivity contribution in [1.82, 2.24) is 0 Å². The molecule has 1 atom stereocenters. The van der Waals surface area contributed by atoms with Crippen molar-refractivity contribution in [2.45, 2.75) is 18.9 Å². The second-order valence-corrected chi connectivity index (χ2v) is 4.80. The van der Waals surface area contributed by atoms with Crippen LogP contribution in [0.25, 0.3) is 6.08 Å². The molecule has 1 aromatic rings. The van der Waals surface area contributed by atoms with E-state index in [0.717, 1.165) is 11.3 Å². The Balaban J connectivity index is 2.09. The summed E-state index contributed by atoms with van der Waals surface area (Å²) >= 11 is 0. The summed E-state index contributed by atoms with van der Waals surface area (Å²) in [6, 6.07) is 7.41. The summed E-state index contributed by atoms with van der Waals surface area (Å²) in [5.41, 5.74) is 1.47. The molecule has 0 saturated carbocycles. The normalized spacial score (nSPS) is 18.7. The molecule has 0 fully saturated rings. The van der Waals surface area contributed by atoms with Gasteiger partial charge >= 0.3 is 0 Å². The van der Waals surface area contributed by atoms with Crippen LogP contribution in [0, 0.1) is 0 Å². The Labute approximate surface area is 124 Å². The number of hydrogen-bond acceptors (Lipinski definition) is 4. The van der Waals surface area contributed by atoms with Crippen LogP contribution in [0.5, 0.6) is 5.75 Å². The van der Waals surface area contributed by atoms with Gasteiger partial charge < -0.3 is 9.47 Å². The molecule has 0 aliphatic heterocycles. The second kappa shape index (κ2) is 6.99. The number of benzene rings is 1. The van der Waals surface area contributed by atoms with Crippen LogP contribution in [0.2, 0.25) is 0 Å². The molecule has 0 saturated heterocycles. The zero-order valence-corrected chi connectivity index (χ0v) is 12.2. The Morgan fingerprint density at radius 1 is 1.24 bits per heavy atom. The number of allylic oxidation sites excluding steroid dienone is 2. The SMILES string of the molecule is COc1ccc(C=CC(=O)C2=CCC(=O)CC2OC)cc1. The molecule has 0 aromatic heterocycles. The summed E-state index contributed by atoms with van der Waals surface area (Å²) in [5, 5.41) is 0. The molecular formula is C17H18O4. The number of Topliss-reactive ketones (excluding diaryl/α,β-unsaturated/α-hetero) is 1. The van der Waals surface area contributed by atoms with Crippen LogP contribution < -0.4 is 4.74 Å². The van der Waals surface area contributed by atoms with Crippen molar-refractivity contribution in [1.29, 1.82) is 0 Å². The lowest BCUT2D eigenvalue weighted by molar-refractivity contribution is -0.121. The second-order valence-electron chi connectivity index (χ2n) is 4.80. The summed E-state index contributed by atoms with van der Waals surface area (Å²) in [6.07, 6.45) is 5.06. The van der Waals surface area contributed by atoms with Crippen LogP contribution in [-0.2, 0) is 14.3 Å². The number of hydrogen-bond donors (Lipinski definition) is 0. The first-order valence-corrected chi connectivity index (χ1v) is 6.75. The average Bonchev–Trinajstić information content (AvgIpc) is 2.52. The van der Waals surface area contributed by atoms with Gasteiger partial charge in [-0.05, 0) is 23.8 Å². The van der Waals surface area contributed by atoms with Crippen LogP contribution >= 0.6 is 0 Å². The maximum Gasteiger partial charge on any atom is 0.184 e. The number of carbonyl (C=O) groups is 2. The Bertz CT molecular complexity index is 581. The molecule has 0 N–H and O–H groups in total. The molecule has 0 heterocycles. The average molecular weight is 286 g/mol. The maximum absolute atomic E-state index is 12.2. The lowest BCUT2D eigenvalue weighted by Crippen LogP contribution is -2.26. The number of carbonyl (C=O) groups excluding carboxylic acids is 2. The van der Waals surface area contributed by atoms with E-state index in [-0.39, 0.29) is 18.0 Å². The van der Waals surface area contributed by atoms with E-state index < -0.39 is 6.10 Å². The van der Waals surface area contributed by atoms with Crippen molar-refractivity contribution < 1.29 is 19.1 Å². The first kappa shape index (κ1) is 15.2. The molecule has 0 radical (unpaired) electrons. The van der Waals surface area contributed by atoms with Crippen molar-refractivity contribution in [3.63, 3.8) is 0 Å². The fraction of sp³-hybridized carbons (Fsp3) is 0.294. The molecule has 4 nitrogen and oxygen atoms in total. The number of ketones is 2. The highest BCUT2D eigenvalue weighted by Crippen LogP contribution is 2.20. The van der Waals surface area contributed by atoms with Gasteiger partial charge in [0.25, 0.3) is 0 Å². The van der Waals surface area contributed by atoms with E-state index in [1.165, 1.54) is 13.2 Å². The van der Waals surface area contributed by atoms with E-state index in [9.17, 15) is 9.59 Å². The highest BCUT2D eigenvalue weighted by Gasteiger charge is 2.25. The van der Waals surface area contributed by atoms with E-state index in [1.807, 2.05) is 24.3 Å². The standard InChI is InChI=1S/C17H18O4/c1-20-14-7-3-12(4-8-14)5-10-16(19)15-9-6-13(18)11-17(15)21-2/h3-5,7-10,17H,6,11H2,1-2H3. The first-order chi connectivity index (χ1) is 10.1. The van der Waals surface area contributed by atoms with Crippen molar-refractivity contribution in [2.75, 3.05) is 14.2 Å². The summed E-state index contributed by atoms with van der Waals surface area (Å²) in [4.78, 5) is 23.6. The zero-order valence-electron chi connectivity index (χ0n) is 12.2.